The van der Waals surface area contributed by atoms with Crippen LogP contribution < -0.4 is 21.3 Å². The summed E-state index contributed by atoms with van der Waals surface area (Å²) in [6, 6.07) is 5.74. The molecule has 2 aromatic rings. The van der Waals surface area contributed by atoms with Crippen molar-refractivity contribution in [3.05, 3.63) is 41.1 Å². The second-order valence-corrected chi connectivity index (χ2v) is 7.52. The molecule has 1 fully saturated rings. The van der Waals surface area contributed by atoms with Crippen molar-refractivity contribution in [2.45, 2.75) is 19.4 Å². The number of carbonyl (C=O) groups excluding carboxylic acids is 1. The standard InChI is InChI=1S/C19H23ClN6O/c1-12(21)13-5-8-25(11-13)17-4-3-14(20)9-16(17)24-19(27)15-10-23-26-7-2-6-22-18(15)26/h2-4,7,9-10,12-13,22H,5-6,8,11,21H2,1H3,(H,24,27). The lowest BCUT2D eigenvalue weighted by atomic mass is 10.0. The van der Waals surface area contributed by atoms with Gasteiger partial charge in [-0.15, -0.1) is 0 Å². The van der Waals surface area contributed by atoms with E-state index >= 15 is 0 Å². The molecule has 2 unspecified atom stereocenters. The van der Waals surface area contributed by atoms with Crippen LogP contribution in [0.5, 0.6) is 0 Å². The second-order valence-electron chi connectivity index (χ2n) is 7.09. The number of aromatic nitrogens is 2. The molecule has 1 aromatic heterocycles. The lowest BCUT2D eigenvalue weighted by Crippen LogP contribution is -2.30. The van der Waals surface area contributed by atoms with Gasteiger partial charge in [0.05, 0.1) is 17.6 Å². The van der Waals surface area contributed by atoms with Gasteiger partial charge in [-0.1, -0.05) is 11.6 Å². The second kappa shape index (κ2) is 7.25. The van der Waals surface area contributed by atoms with Gasteiger partial charge in [0.2, 0.25) is 0 Å². The summed E-state index contributed by atoms with van der Waals surface area (Å²) in [7, 11) is 0. The zero-order valence-corrected chi connectivity index (χ0v) is 15.9. The average molecular weight is 387 g/mol. The molecule has 0 bridgehead atoms. The Hall–Kier alpha value is -2.51. The maximum Gasteiger partial charge on any atom is 0.261 e. The number of amides is 1. The van der Waals surface area contributed by atoms with Crippen molar-refractivity contribution in [2.24, 2.45) is 11.7 Å². The van der Waals surface area contributed by atoms with Crippen molar-refractivity contribution in [3.63, 3.8) is 0 Å². The molecule has 142 valence electrons. The van der Waals surface area contributed by atoms with E-state index in [-0.39, 0.29) is 11.9 Å². The predicted molar refractivity (Wildman–Crippen MR) is 109 cm³/mol. The largest absolute Gasteiger partial charge is 0.370 e. The van der Waals surface area contributed by atoms with Crippen LogP contribution in [0, 0.1) is 5.92 Å². The van der Waals surface area contributed by atoms with Crippen molar-refractivity contribution in [1.82, 2.24) is 9.78 Å². The first-order valence-electron chi connectivity index (χ1n) is 9.12. The molecule has 7 nitrogen and oxygen atoms in total. The summed E-state index contributed by atoms with van der Waals surface area (Å²) in [4.78, 5) is 15.1. The van der Waals surface area contributed by atoms with Gasteiger partial charge in [0.15, 0.2) is 0 Å². The van der Waals surface area contributed by atoms with Gasteiger partial charge in [-0.2, -0.15) is 5.10 Å². The van der Waals surface area contributed by atoms with E-state index in [1.165, 1.54) is 0 Å². The molecule has 4 N–H and O–H groups in total. The fourth-order valence-corrected chi connectivity index (χ4v) is 3.81. The average Bonchev–Trinajstić information content (AvgIpc) is 3.29. The van der Waals surface area contributed by atoms with Gasteiger partial charge < -0.3 is 21.3 Å². The number of carbonyl (C=O) groups is 1. The minimum Gasteiger partial charge on any atom is -0.370 e. The molecule has 8 heteroatoms. The number of nitrogens with two attached hydrogens (primary N) is 1. The van der Waals surface area contributed by atoms with E-state index in [0.29, 0.717) is 34.6 Å². The summed E-state index contributed by atoms with van der Waals surface area (Å²) in [6.07, 6.45) is 6.39. The van der Waals surface area contributed by atoms with Crippen LogP contribution in [0.15, 0.2) is 30.5 Å². The van der Waals surface area contributed by atoms with Crippen LogP contribution in [0.4, 0.5) is 17.2 Å². The highest BCUT2D eigenvalue weighted by atomic mass is 35.5. The van der Waals surface area contributed by atoms with Gasteiger partial charge in [0.1, 0.15) is 11.4 Å². The molecule has 3 heterocycles. The molecule has 27 heavy (non-hydrogen) atoms. The van der Waals surface area contributed by atoms with Crippen LogP contribution in [-0.4, -0.2) is 41.4 Å². The lowest BCUT2D eigenvalue weighted by molar-refractivity contribution is 0.102. The van der Waals surface area contributed by atoms with Crippen LogP contribution in [-0.2, 0) is 0 Å². The van der Waals surface area contributed by atoms with Crippen molar-refractivity contribution in [3.8, 4) is 0 Å². The summed E-state index contributed by atoms with van der Waals surface area (Å²) >= 11 is 6.20. The first kappa shape index (κ1) is 17.9. The SMILES string of the molecule is CC(N)C1CCN(c2ccc(Cl)cc2NC(=O)c2cnn3c2NCC=C3)C1. The number of halogens is 1. The highest BCUT2D eigenvalue weighted by molar-refractivity contribution is 6.31. The monoisotopic (exact) mass is 386 g/mol. The third-order valence-corrected chi connectivity index (χ3v) is 5.42. The summed E-state index contributed by atoms with van der Waals surface area (Å²) in [5.74, 6) is 0.921. The smallest absolute Gasteiger partial charge is 0.261 e. The molecule has 0 saturated carbocycles. The summed E-state index contributed by atoms with van der Waals surface area (Å²) in [5, 5.41) is 11.0. The fourth-order valence-electron chi connectivity index (χ4n) is 3.63. The van der Waals surface area contributed by atoms with E-state index in [2.05, 4.69) is 20.6 Å². The van der Waals surface area contributed by atoms with Gasteiger partial charge in [0, 0.05) is 36.9 Å². The minimum atomic E-state index is -0.217. The first-order chi connectivity index (χ1) is 13.0. The molecule has 0 aliphatic carbocycles. The van der Waals surface area contributed by atoms with Crippen LogP contribution in [0.1, 0.15) is 23.7 Å². The molecule has 0 spiro atoms. The molecular weight excluding hydrogens is 364 g/mol. The number of benzene rings is 1. The molecule has 1 saturated heterocycles. The van der Waals surface area contributed by atoms with Gasteiger partial charge in [-0.25, -0.2) is 4.68 Å². The highest BCUT2D eigenvalue weighted by Crippen LogP contribution is 2.34. The van der Waals surface area contributed by atoms with Crippen LogP contribution in [0.3, 0.4) is 0 Å². The molecule has 2 aliphatic rings. The number of fused-ring (bicyclic) bond motifs is 1. The molecular formula is C19H23ClN6O. The zero-order valence-electron chi connectivity index (χ0n) is 15.2. The number of nitrogens with one attached hydrogen (secondary N) is 2. The third kappa shape index (κ3) is 3.52. The predicted octanol–water partition coefficient (Wildman–Crippen LogP) is 2.86. The summed E-state index contributed by atoms with van der Waals surface area (Å²) in [5.41, 5.74) is 8.23. The maximum atomic E-state index is 12.9. The molecule has 4 rings (SSSR count). The Morgan fingerprint density at radius 1 is 1.48 bits per heavy atom. The van der Waals surface area contributed by atoms with E-state index in [0.717, 1.165) is 25.2 Å². The number of rotatable bonds is 4. The number of anilines is 3. The lowest BCUT2D eigenvalue weighted by Gasteiger charge is -2.23. The number of nitrogens with zero attached hydrogens (tertiary/aromatic N) is 3. The number of hydrogen-bond acceptors (Lipinski definition) is 5. The minimum absolute atomic E-state index is 0.151. The third-order valence-electron chi connectivity index (χ3n) is 5.19. The topological polar surface area (TPSA) is 88.2 Å². The van der Waals surface area contributed by atoms with Crippen LogP contribution >= 0.6 is 11.6 Å². The Morgan fingerprint density at radius 2 is 2.33 bits per heavy atom. The van der Waals surface area contributed by atoms with Crippen LogP contribution in [0.25, 0.3) is 6.20 Å². The van der Waals surface area contributed by atoms with Crippen molar-refractivity contribution < 1.29 is 4.79 Å². The Labute approximate surface area is 163 Å². The molecule has 0 radical (unpaired) electrons. The van der Waals surface area contributed by atoms with Crippen LogP contribution in [0.2, 0.25) is 5.02 Å². The van der Waals surface area contributed by atoms with E-state index in [1.807, 2.05) is 31.3 Å². The number of hydrogen-bond donors (Lipinski definition) is 3. The molecule has 2 aliphatic heterocycles. The Bertz CT molecular complexity index is 890. The van der Waals surface area contributed by atoms with Crippen molar-refractivity contribution >= 4 is 40.9 Å². The Kier molecular flexibility index (Phi) is 4.80. The first-order valence-corrected chi connectivity index (χ1v) is 9.50. The zero-order chi connectivity index (χ0) is 19.0. The quantitative estimate of drug-likeness (QED) is 0.752. The summed E-state index contributed by atoms with van der Waals surface area (Å²) in [6.45, 7) is 4.49. The Balaban J connectivity index is 1.59. The van der Waals surface area contributed by atoms with Gasteiger partial charge in [-0.3, -0.25) is 4.79 Å². The molecule has 1 amide bonds. The van der Waals surface area contributed by atoms with E-state index in [1.54, 1.807) is 16.9 Å². The summed E-state index contributed by atoms with van der Waals surface area (Å²) < 4.78 is 1.66. The van der Waals surface area contributed by atoms with Crippen molar-refractivity contribution in [1.29, 1.82) is 0 Å². The van der Waals surface area contributed by atoms with Crippen molar-refractivity contribution in [2.75, 3.05) is 35.2 Å². The van der Waals surface area contributed by atoms with E-state index in [4.69, 9.17) is 17.3 Å². The van der Waals surface area contributed by atoms with Gasteiger partial charge in [-0.05, 0) is 43.5 Å². The fraction of sp³-hybridized carbons (Fsp3) is 0.368. The maximum absolute atomic E-state index is 12.9. The normalized spacial score (nSPS) is 19.5. The van der Waals surface area contributed by atoms with Gasteiger partial charge in [0.25, 0.3) is 5.91 Å². The Morgan fingerprint density at radius 3 is 3.11 bits per heavy atom. The highest BCUT2D eigenvalue weighted by Gasteiger charge is 2.27. The molecule has 2 atom stereocenters. The van der Waals surface area contributed by atoms with Gasteiger partial charge >= 0.3 is 0 Å². The molecule has 1 aromatic carbocycles. The van der Waals surface area contributed by atoms with E-state index in [9.17, 15) is 4.79 Å². The van der Waals surface area contributed by atoms with E-state index < -0.39 is 0 Å².